The smallest absolute Gasteiger partial charge is 0.352 e. The van der Waals surface area contributed by atoms with Crippen LogP contribution in [0, 0.1) is 0 Å². The molecule has 54 valence electrons. The van der Waals surface area contributed by atoms with Gasteiger partial charge < -0.3 is 5.11 Å². The van der Waals surface area contributed by atoms with Gasteiger partial charge in [-0.15, -0.1) is 0 Å². The molecule has 0 saturated heterocycles. The SMILES string of the molecule is OC1(F)C(F)(F)C1(F)F. The van der Waals surface area contributed by atoms with Crippen LogP contribution in [-0.2, 0) is 0 Å². The summed E-state index contributed by atoms with van der Waals surface area (Å²) in [6.07, 6.45) is 0. The van der Waals surface area contributed by atoms with E-state index in [4.69, 9.17) is 5.11 Å². The second kappa shape index (κ2) is 1.07. The van der Waals surface area contributed by atoms with Gasteiger partial charge in [-0.1, -0.05) is 0 Å². The minimum absolute atomic E-state index is 4.62. The first-order valence-electron chi connectivity index (χ1n) is 1.92. The molecule has 9 heavy (non-hydrogen) atoms. The molecule has 1 nitrogen and oxygen atoms in total. The van der Waals surface area contributed by atoms with Crippen LogP contribution >= 0.6 is 0 Å². The van der Waals surface area contributed by atoms with E-state index in [-0.39, 0.29) is 0 Å². The van der Waals surface area contributed by atoms with Crippen molar-refractivity contribution in [1.29, 1.82) is 0 Å². The minimum Gasteiger partial charge on any atom is -0.352 e. The molecule has 0 atom stereocenters. The number of rotatable bonds is 0. The lowest BCUT2D eigenvalue weighted by molar-refractivity contribution is -0.0989. The molecule has 0 aliphatic heterocycles. The molecule has 1 saturated carbocycles. The van der Waals surface area contributed by atoms with Gasteiger partial charge in [0.15, 0.2) is 0 Å². The van der Waals surface area contributed by atoms with Crippen molar-refractivity contribution >= 4 is 0 Å². The third-order valence-electron chi connectivity index (χ3n) is 1.16. The van der Waals surface area contributed by atoms with E-state index in [1.54, 1.807) is 0 Å². The lowest BCUT2D eigenvalue weighted by atomic mass is 10.7. The second-order valence-electron chi connectivity index (χ2n) is 1.77. The van der Waals surface area contributed by atoms with Gasteiger partial charge >= 0.3 is 17.7 Å². The van der Waals surface area contributed by atoms with Crippen LogP contribution < -0.4 is 0 Å². The summed E-state index contributed by atoms with van der Waals surface area (Å²) >= 11 is 0. The van der Waals surface area contributed by atoms with Gasteiger partial charge in [0.25, 0.3) is 0 Å². The van der Waals surface area contributed by atoms with E-state index in [1.807, 2.05) is 0 Å². The van der Waals surface area contributed by atoms with Crippen LogP contribution in [0.3, 0.4) is 0 Å². The monoisotopic (exact) mass is 148 g/mol. The molecule has 0 radical (unpaired) electrons. The van der Waals surface area contributed by atoms with Gasteiger partial charge in [-0.25, -0.2) is 0 Å². The number of halogens is 5. The van der Waals surface area contributed by atoms with Crippen molar-refractivity contribution in [2.24, 2.45) is 0 Å². The highest BCUT2D eigenvalue weighted by molar-refractivity contribution is 5.22. The number of alkyl halides is 5. The van der Waals surface area contributed by atoms with Crippen LogP contribution in [-0.4, -0.2) is 22.8 Å². The fourth-order valence-corrected chi connectivity index (χ4v) is 0.373. The molecule has 1 rings (SSSR count). The zero-order valence-corrected chi connectivity index (χ0v) is 3.84. The molecule has 0 bridgehead atoms. The van der Waals surface area contributed by atoms with Crippen molar-refractivity contribution in [3.8, 4) is 0 Å². The molecule has 1 fully saturated rings. The summed E-state index contributed by atoms with van der Waals surface area (Å²) in [4.78, 5) is 0. The van der Waals surface area contributed by atoms with E-state index in [0.717, 1.165) is 0 Å². The summed E-state index contributed by atoms with van der Waals surface area (Å²) in [5, 5.41) is 7.52. The van der Waals surface area contributed by atoms with E-state index in [0.29, 0.717) is 0 Å². The fourth-order valence-electron chi connectivity index (χ4n) is 0.373. The number of aliphatic hydroxyl groups is 1. The van der Waals surface area contributed by atoms with Crippen LogP contribution in [0.15, 0.2) is 0 Å². The predicted molar refractivity (Wildman–Crippen MR) is 16.0 cm³/mol. The van der Waals surface area contributed by atoms with Crippen LogP contribution in [0.2, 0.25) is 0 Å². The maximum atomic E-state index is 11.4. The standard InChI is InChI=1S/C3HF5O/c4-1(5)2(6,7)3(1,8)9/h9H. The Balaban J connectivity index is 2.91. The van der Waals surface area contributed by atoms with E-state index in [2.05, 4.69) is 0 Å². The molecule has 0 aromatic rings. The Hall–Kier alpha value is -0.390. The largest absolute Gasteiger partial charge is 0.379 e. The lowest BCUT2D eigenvalue weighted by Crippen LogP contribution is -2.10. The average Bonchev–Trinajstić information content (AvgIpc) is 1.84. The highest BCUT2D eigenvalue weighted by Crippen LogP contribution is 2.66. The Labute approximate surface area is 46.1 Å². The van der Waals surface area contributed by atoms with Gasteiger partial charge in [0, 0.05) is 0 Å². The minimum atomic E-state index is -4.90. The van der Waals surface area contributed by atoms with Crippen LogP contribution in [0.4, 0.5) is 22.0 Å². The van der Waals surface area contributed by atoms with Gasteiger partial charge in [-0.2, -0.15) is 22.0 Å². The Kier molecular flexibility index (Phi) is 0.801. The zero-order valence-electron chi connectivity index (χ0n) is 3.84. The first-order chi connectivity index (χ1) is 3.75. The van der Waals surface area contributed by atoms with Gasteiger partial charge in [-0.3, -0.25) is 0 Å². The van der Waals surface area contributed by atoms with E-state index < -0.39 is 17.7 Å². The summed E-state index contributed by atoms with van der Waals surface area (Å²) in [5.74, 6) is -14.4. The summed E-state index contributed by atoms with van der Waals surface area (Å²) < 4.78 is 56.7. The summed E-state index contributed by atoms with van der Waals surface area (Å²) in [5.41, 5.74) is 0. The second-order valence-corrected chi connectivity index (χ2v) is 1.77. The topological polar surface area (TPSA) is 20.2 Å². The van der Waals surface area contributed by atoms with Crippen molar-refractivity contribution in [1.82, 2.24) is 0 Å². The van der Waals surface area contributed by atoms with E-state index >= 15 is 0 Å². The Morgan fingerprint density at radius 2 is 0.889 bits per heavy atom. The molecular formula is C3HF5O. The molecule has 1 aliphatic carbocycles. The Morgan fingerprint density at radius 3 is 0.889 bits per heavy atom. The van der Waals surface area contributed by atoms with E-state index in [1.165, 1.54) is 0 Å². The lowest BCUT2D eigenvalue weighted by Gasteiger charge is -1.87. The summed E-state index contributed by atoms with van der Waals surface area (Å²) in [6.45, 7) is 0. The first-order valence-corrected chi connectivity index (χ1v) is 1.92. The number of hydrogen-bond acceptors (Lipinski definition) is 1. The normalized spacial score (nSPS) is 34.0. The van der Waals surface area contributed by atoms with Crippen LogP contribution in [0.5, 0.6) is 0 Å². The van der Waals surface area contributed by atoms with Crippen molar-refractivity contribution in [2.45, 2.75) is 17.7 Å². The fraction of sp³-hybridized carbons (Fsp3) is 1.00. The third kappa shape index (κ3) is 0.395. The number of hydrogen-bond donors (Lipinski definition) is 1. The molecular weight excluding hydrogens is 147 g/mol. The van der Waals surface area contributed by atoms with Crippen molar-refractivity contribution < 1.29 is 27.1 Å². The molecule has 0 aromatic carbocycles. The van der Waals surface area contributed by atoms with Gasteiger partial charge in [0.2, 0.25) is 0 Å². The predicted octanol–water partition coefficient (Wildman–Crippen LogP) is 0.929. The first kappa shape index (κ1) is 6.73. The van der Waals surface area contributed by atoms with Crippen molar-refractivity contribution in [3.63, 3.8) is 0 Å². The summed E-state index contributed by atoms with van der Waals surface area (Å²) in [7, 11) is 0. The average molecular weight is 148 g/mol. The molecule has 0 amide bonds. The molecule has 0 aromatic heterocycles. The quantitative estimate of drug-likeness (QED) is 0.506. The van der Waals surface area contributed by atoms with Gasteiger partial charge in [-0.05, 0) is 0 Å². The van der Waals surface area contributed by atoms with E-state index in [9.17, 15) is 22.0 Å². The van der Waals surface area contributed by atoms with Gasteiger partial charge in [0.05, 0.1) is 0 Å². The maximum absolute atomic E-state index is 11.4. The summed E-state index contributed by atoms with van der Waals surface area (Å²) in [6, 6.07) is 0. The molecule has 0 unspecified atom stereocenters. The van der Waals surface area contributed by atoms with Crippen LogP contribution in [0.1, 0.15) is 0 Å². The molecule has 1 aliphatic rings. The highest BCUT2D eigenvalue weighted by Gasteiger charge is 2.99. The van der Waals surface area contributed by atoms with Gasteiger partial charge in [0.1, 0.15) is 0 Å². The Morgan fingerprint density at radius 1 is 0.778 bits per heavy atom. The maximum Gasteiger partial charge on any atom is 0.379 e. The van der Waals surface area contributed by atoms with Crippen molar-refractivity contribution in [2.75, 3.05) is 0 Å². The zero-order chi connectivity index (χ0) is 7.50. The van der Waals surface area contributed by atoms with Crippen molar-refractivity contribution in [3.05, 3.63) is 0 Å². The highest BCUT2D eigenvalue weighted by atomic mass is 19.3. The van der Waals surface area contributed by atoms with Crippen LogP contribution in [0.25, 0.3) is 0 Å². The molecule has 0 heterocycles. The Bertz CT molecular complexity index is 110. The third-order valence-corrected chi connectivity index (χ3v) is 1.16. The molecule has 0 spiro atoms. The molecule has 1 N–H and O–H groups in total. The molecule has 6 heteroatoms.